The highest BCUT2D eigenvalue weighted by Crippen LogP contribution is 2.42. The van der Waals surface area contributed by atoms with E-state index in [0.29, 0.717) is 42.3 Å². The van der Waals surface area contributed by atoms with Gasteiger partial charge in [0.25, 0.3) is 0 Å². The Morgan fingerprint density at radius 2 is 1.75 bits per heavy atom. The summed E-state index contributed by atoms with van der Waals surface area (Å²) in [5, 5.41) is 0.797. The molecular weight excluding hydrogens is 667 g/mol. The summed E-state index contributed by atoms with van der Waals surface area (Å²) < 4.78 is 63.6. The van der Waals surface area contributed by atoms with E-state index in [9.17, 15) is 27.6 Å². The van der Waals surface area contributed by atoms with Crippen molar-refractivity contribution in [2.45, 2.75) is 116 Å². The van der Waals surface area contributed by atoms with Crippen LogP contribution in [0.1, 0.15) is 84.1 Å². The number of hydrogen-bond donors (Lipinski definition) is 0. The second-order valence-electron chi connectivity index (χ2n) is 15.7. The zero-order valence-electron chi connectivity index (χ0n) is 30.0. The molecule has 0 spiro atoms. The summed E-state index contributed by atoms with van der Waals surface area (Å²) in [6.45, 7) is 5.41. The van der Waals surface area contributed by atoms with Gasteiger partial charge in [-0.2, -0.15) is 13.2 Å². The molecule has 3 fully saturated rings. The zero-order chi connectivity index (χ0) is 36.5. The predicted molar refractivity (Wildman–Crippen MR) is 182 cm³/mol. The van der Waals surface area contributed by atoms with Gasteiger partial charge < -0.3 is 23.8 Å². The first kappa shape index (κ1) is 37.2. The van der Waals surface area contributed by atoms with E-state index in [1.807, 2.05) is 45.0 Å². The van der Waals surface area contributed by atoms with Crippen molar-refractivity contribution in [2.75, 3.05) is 33.3 Å². The fourth-order valence-corrected chi connectivity index (χ4v) is 7.80. The van der Waals surface area contributed by atoms with E-state index in [1.165, 1.54) is 16.9 Å². The Balaban J connectivity index is 1.33. The Labute approximate surface area is 297 Å². The summed E-state index contributed by atoms with van der Waals surface area (Å²) in [4.78, 5) is 48.3. The Morgan fingerprint density at radius 1 is 1.00 bits per heavy atom. The monoisotopic (exact) mass is 717 g/mol. The van der Waals surface area contributed by atoms with Crippen molar-refractivity contribution in [1.82, 2.24) is 14.8 Å². The average molecular weight is 718 g/mol. The van der Waals surface area contributed by atoms with Gasteiger partial charge >= 0.3 is 18.1 Å². The van der Waals surface area contributed by atoms with Gasteiger partial charge in [0.05, 0.1) is 43.6 Å². The summed E-state index contributed by atoms with van der Waals surface area (Å²) >= 11 is 0. The normalized spacial score (nSPS) is 27.4. The Morgan fingerprint density at radius 3 is 2.45 bits per heavy atom. The molecule has 1 aromatic heterocycles. The predicted octanol–water partition coefficient (Wildman–Crippen LogP) is 6.26. The average Bonchev–Trinajstić information content (AvgIpc) is 3.66. The number of nitrogens with zero attached hydrogens (tertiary/aromatic N) is 3. The van der Waals surface area contributed by atoms with Gasteiger partial charge in [0, 0.05) is 24.9 Å². The van der Waals surface area contributed by atoms with E-state index in [2.05, 4.69) is 0 Å². The van der Waals surface area contributed by atoms with Crippen molar-refractivity contribution < 1.29 is 46.5 Å². The van der Waals surface area contributed by atoms with E-state index in [0.717, 1.165) is 43.1 Å². The number of likely N-dealkylation sites (tertiary alicyclic amines) is 1. The molecule has 10 nitrogen and oxygen atoms in total. The molecule has 4 heterocycles. The first-order chi connectivity index (χ1) is 24.2. The summed E-state index contributed by atoms with van der Waals surface area (Å²) in [6, 6.07) is 6.67. The molecule has 0 N–H and O–H groups in total. The number of halogens is 3. The molecule has 2 aromatic rings. The molecule has 0 unspecified atom stereocenters. The van der Waals surface area contributed by atoms with E-state index in [4.69, 9.17) is 23.9 Å². The highest BCUT2D eigenvalue weighted by molar-refractivity contribution is 5.90. The van der Waals surface area contributed by atoms with Gasteiger partial charge in [0.15, 0.2) is 0 Å². The van der Waals surface area contributed by atoms with Crippen LogP contribution < -0.4 is 9.47 Å². The van der Waals surface area contributed by atoms with E-state index < -0.39 is 48.1 Å². The lowest BCUT2D eigenvalue weighted by Crippen LogP contribution is -2.47. The van der Waals surface area contributed by atoms with E-state index >= 15 is 0 Å². The number of fused-ring (bicyclic) bond motifs is 5. The van der Waals surface area contributed by atoms with Crippen LogP contribution in [0.15, 0.2) is 24.3 Å². The number of carbonyl (C=O) groups is 3. The molecule has 280 valence electrons. The van der Waals surface area contributed by atoms with Crippen LogP contribution in [0.4, 0.5) is 13.2 Å². The molecular formula is C38H50F3N3O7. The quantitative estimate of drug-likeness (QED) is 0.339. The van der Waals surface area contributed by atoms with Gasteiger partial charge in [-0.3, -0.25) is 14.5 Å². The number of aromatic nitrogens is 1. The molecule has 51 heavy (non-hydrogen) atoms. The Hall–Kier alpha value is -3.61. The Kier molecular flexibility index (Phi) is 11.0. The molecule has 5 atom stereocenters. The number of benzene rings is 1. The smallest absolute Gasteiger partial charge is 0.401 e. The number of esters is 2. The molecule has 1 saturated carbocycles. The molecule has 1 aliphatic carbocycles. The number of pyridine rings is 1. The molecule has 3 aliphatic heterocycles. The second-order valence-corrected chi connectivity index (χ2v) is 15.7. The number of hydrogen-bond acceptors (Lipinski definition) is 9. The number of piperidine rings is 1. The molecule has 1 amide bonds. The summed E-state index contributed by atoms with van der Waals surface area (Å²) in [5.74, 6) is -0.753. The van der Waals surface area contributed by atoms with Crippen LogP contribution in [0.2, 0.25) is 0 Å². The van der Waals surface area contributed by atoms with Gasteiger partial charge in [-0.25, -0.2) is 9.78 Å². The third-order valence-electron chi connectivity index (χ3n) is 10.8. The maximum atomic E-state index is 14.3. The third kappa shape index (κ3) is 9.07. The lowest BCUT2D eigenvalue weighted by Gasteiger charge is -2.34. The first-order valence-corrected chi connectivity index (χ1v) is 18.3. The van der Waals surface area contributed by atoms with Gasteiger partial charge in [0.1, 0.15) is 30.1 Å². The summed E-state index contributed by atoms with van der Waals surface area (Å²) in [5.41, 5.74) is 0.823. The lowest BCUT2D eigenvalue weighted by atomic mass is 9.77. The summed E-state index contributed by atoms with van der Waals surface area (Å²) in [6.07, 6.45) is 0.685. The minimum atomic E-state index is -4.25. The van der Waals surface area contributed by atoms with Crippen LogP contribution in [0.5, 0.6) is 11.6 Å². The Bertz CT molecular complexity index is 1590. The molecule has 6 rings (SSSR count). The van der Waals surface area contributed by atoms with Crippen molar-refractivity contribution in [3.63, 3.8) is 0 Å². The van der Waals surface area contributed by atoms with Gasteiger partial charge in [-0.15, -0.1) is 0 Å². The fraction of sp³-hybridized carbons (Fsp3) is 0.684. The first-order valence-electron chi connectivity index (χ1n) is 18.3. The number of methoxy groups -OCH3 is 1. The van der Waals surface area contributed by atoms with Crippen molar-refractivity contribution in [3.05, 3.63) is 29.8 Å². The number of alkyl halides is 3. The van der Waals surface area contributed by atoms with Crippen molar-refractivity contribution in [2.24, 2.45) is 17.3 Å². The van der Waals surface area contributed by atoms with Crippen molar-refractivity contribution in [3.8, 4) is 11.6 Å². The zero-order valence-corrected chi connectivity index (χ0v) is 30.0. The third-order valence-corrected chi connectivity index (χ3v) is 10.8. The summed E-state index contributed by atoms with van der Waals surface area (Å²) in [7, 11) is 1.28. The number of carbonyl (C=O) groups excluding carboxylic acids is 3. The van der Waals surface area contributed by atoms with Gasteiger partial charge in [-0.05, 0) is 62.0 Å². The molecule has 4 aliphatic rings. The van der Waals surface area contributed by atoms with E-state index in [1.54, 1.807) is 0 Å². The maximum absolute atomic E-state index is 14.3. The standard InChI is InChI=1S/C38H50F3N3O7/c1-37(2,3)28-20-32(45)51-31-18-23(31)10-6-5-7-12-27-33(49-24-14-16-43(17-15-24)22-38(39,40)41)26-11-8-9-13-29(26)42-34(27)50-25-19-30(36(47)48-4)44(21-25)35(28)46/h8-9,11,13,23-25,28,30-31H,5-7,10,12,14-22H2,1-4H3/t23-,25-,28-,30+,31-/m1/s1. The molecule has 2 saturated heterocycles. The number of ether oxygens (including phenoxy) is 4. The van der Waals surface area contributed by atoms with Crippen molar-refractivity contribution in [1.29, 1.82) is 0 Å². The number of rotatable bonds is 4. The van der Waals surface area contributed by atoms with Crippen LogP contribution >= 0.6 is 0 Å². The van der Waals surface area contributed by atoms with Crippen LogP contribution in [0, 0.1) is 17.3 Å². The highest BCUT2D eigenvalue weighted by Gasteiger charge is 2.48. The fourth-order valence-electron chi connectivity index (χ4n) is 7.80. The number of para-hydroxylation sites is 1. The van der Waals surface area contributed by atoms with Gasteiger partial charge in [0.2, 0.25) is 11.8 Å². The van der Waals surface area contributed by atoms with Gasteiger partial charge in [-0.1, -0.05) is 45.7 Å². The van der Waals surface area contributed by atoms with Crippen LogP contribution in [0.3, 0.4) is 0 Å². The van der Waals surface area contributed by atoms with Crippen LogP contribution in [-0.2, 0) is 30.3 Å². The molecule has 1 aromatic carbocycles. The molecule has 0 radical (unpaired) electrons. The second kappa shape index (κ2) is 15.2. The van der Waals surface area contributed by atoms with Crippen molar-refractivity contribution >= 4 is 28.7 Å². The highest BCUT2D eigenvalue weighted by atomic mass is 19.4. The van der Waals surface area contributed by atoms with E-state index in [-0.39, 0.29) is 50.6 Å². The topological polar surface area (TPSA) is 108 Å². The largest absolute Gasteiger partial charge is 0.489 e. The minimum absolute atomic E-state index is 0.0896. The maximum Gasteiger partial charge on any atom is 0.401 e. The minimum Gasteiger partial charge on any atom is -0.489 e. The number of amides is 1. The van der Waals surface area contributed by atoms with Crippen LogP contribution in [0.25, 0.3) is 10.9 Å². The lowest BCUT2D eigenvalue weighted by molar-refractivity contribution is -0.157. The molecule has 2 bridgehead atoms. The van der Waals surface area contributed by atoms with Crippen LogP contribution in [-0.4, -0.2) is 96.4 Å². The SMILES string of the molecule is COC(=O)[C@@H]1C[C@@H]2CN1C(=O)[C@H](C(C)(C)C)CC(=O)O[C@@H]1C[C@H]1CCCCCc1c(nc3ccccc3c1OC1CCN(CC(F)(F)F)CC1)O2. The molecule has 13 heteroatoms.